The number of imidazole rings is 1. The van der Waals surface area contributed by atoms with Crippen LogP contribution in [-0.2, 0) is 30.4 Å². The molecule has 5 unspecified atom stereocenters. The highest BCUT2D eigenvalue weighted by molar-refractivity contribution is 5.94. The Balaban J connectivity index is 2.94. The van der Waals surface area contributed by atoms with Crippen LogP contribution in [0.2, 0.25) is 0 Å². The maximum atomic E-state index is 13.1. The summed E-state index contributed by atoms with van der Waals surface area (Å²) in [7, 11) is 0. The summed E-state index contributed by atoms with van der Waals surface area (Å²) in [5.74, 6) is -5.06. The average Bonchev–Trinajstić information content (AvgIpc) is 3.30. The molecule has 13 heteroatoms. The first kappa shape index (κ1) is 29.6. The number of rotatable bonds is 15. The molecule has 1 rings (SSSR count). The molecule has 3 amide bonds. The average molecular weight is 497 g/mol. The number of carboxylic acids is 2. The van der Waals surface area contributed by atoms with E-state index >= 15 is 0 Å². The molecule has 0 aliphatic heterocycles. The van der Waals surface area contributed by atoms with Gasteiger partial charge in [-0.1, -0.05) is 34.1 Å². The number of carboxylic acid groups (broad SMARTS) is 2. The van der Waals surface area contributed by atoms with Crippen molar-refractivity contribution in [1.82, 2.24) is 25.9 Å². The minimum atomic E-state index is -1.25. The zero-order valence-electron chi connectivity index (χ0n) is 20.4. The van der Waals surface area contributed by atoms with Crippen molar-refractivity contribution < 1.29 is 34.2 Å². The predicted molar refractivity (Wildman–Crippen MR) is 125 cm³/mol. The summed E-state index contributed by atoms with van der Waals surface area (Å²) < 4.78 is 0. The number of carbonyl (C=O) groups excluding carboxylic acids is 3. The normalized spacial score (nSPS) is 15.4. The molecule has 1 heterocycles. The van der Waals surface area contributed by atoms with Gasteiger partial charge in [-0.15, -0.1) is 0 Å². The monoisotopic (exact) mass is 496 g/mol. The molecule has 0 saturated carbocycles. The standard InChI is InChI=1S/C22H36N6O7/c1-5-12(4)18(28-19(31)14(23)6-7-16(29)30)21(33)27-17(11(2)3)20(32)26-15(22(34)35)8-13-9-24-10-25-13/h9-12,14-15,17-18H,5-8,23H2,1-4H3,(H,24,25)(H,26,32)(H,27,33)(H,28,31)(H,29,30)(H,34,35). The van der Waals surface area contributed by atoms with Crippen LogP contribution in [0.3, 0.4) is 0 Å². The van der Waals surface area contributed by atoms with E-state index in [-0.39, 0.29) is 25.2 Å². The number of hydrogen-bond donors (Lipinski definition) is 7. The van der Waals surface area contributed by atoms with Crippen LogP contribution in [0.1, 0.15) is 52.7 Å². The summed E-state index contributed by atoms with van der Waals surface area (Å²) >= 11 is 0. The molecule has 35 heavy (non-hydrogen) atoms. The molecule has 0 fully saturated rings. The SMILES string of the molecule is CCC(C)C(NC(=O)C(N)CCC(=O)O)C(=O)NC(C(=O)NC(Cc1cnc[nH]1)C(=O)O)C(C)C. The Morgan fingerprint density at radius 3 is 2.09 bits per heavy atom. The third-order valence-electron chi connectivity index (χ3n) is 5.64. The fourth-order valence-corrected chi connectivity index (χ4v) is 3.23. The lowest BCUT2D eigenvalue weighted by Crippen LogP contribution is -2.60. The van der Waals surface area contributed by atoms with Gasteiger partial charge in [-0.05, 0) is 18.3 Å². The molecule has 1 aromatic rings. The first-order valence-corrected chi connectivity index (χ1v) is 11.5. The third-order valence-corrected chi connectivity index (χ3v) is 5.64. The number of nitrogens with zero attached hydrogens (tertiary/aromatic N) is 1. The largest absolute Gasteiger partial charge is 0.481 e. The second kappa shape index (κ2) is 14.0. The summed E-state index contributed by atoms with van der Waals surface area (Å²) in [4.78, 5) is 67.5. The number of H-pyrrole nitrogens is 1. The Hall–Kier alpha value is -3.48. The second-order valence-corrected chi connectivity index (χ2v) is 8.82. The lowest BCUT2D eigenvalue weighted by atomic mass is 9.95. The van der Waals surface area contributed by atoms with Gasteiger partial charge in [0.05, 0.1) is 12.4 Å². The highest BCUT2D eigenvalue weighted by Gasteiger charge is 2.33. The smallest absolute Gasteiger partial charge is 0.326 e. The van der Waals surface area contributed by atoms with Crippen molar-refractivity contribution in [2.75, 3.05) is 0 Å². The molecule has 196 valence electrons. The van der Waals surface area contributed by atoms with Crippen LogP contribution >= 0.6 is 0 Å². The lowest BCUT2D eigenvalue weighted by molar-refractivity contribution is -0.142. The number of nitrogens with two attached hydrogens (primary N) is 1. The van der Waals surface area contributed by atoms with Gasteiger partial charge in [-0.25, -0.2) is 9.78 Å². The molecule has 0 bridgehead atoms. The molecule has 0 spiro atoms. The summed E-state index contributed by atoms with van der Waals surface area (Å²) in [5.41, 5.74) is 6.27. The highest BCUT2D eigenvalue weighted by Crippen LogP contribution is 2.11. The van der Waals surface area contributed by atoms with Crippen LogP contribution in [0.4, 0.5) is 0 Å². The Morgan fingerprint density at radius 1 is 1.00 bits per heavy atom. The maximum absolute atomic E-state index is 13.1. The number of hydrogen-bond acceptors (Lipinski definition) is 7. The Morgan fingerprint density at radius 2 is 1.60 bits per heavy atom. The number of aliphatic carboxylic acids is 2. The van der Waals surface area contributed by atoms with Gasteiger partial charge >= 0.3 is 11.9 Å². The van der Waals surface area contributed by atoms with Gasteiger partial charge in [0.2, 0.25) is 17.7 Å². The fraction of sp³-hybridized carbons (Fsp3) is 0.636. The van der Waals surface area contributed by atoms with E-state index in [0.29, 0.717) is 12.1 Å². The highest BCUT2D eigenvalue weighted by atomic mass is 16.4. The molecule has 0 aromatic carbocycles. The minimum Gasteiger partial charge on any atom is -0.481 e. The van der Waals surface area contributed by atoms with Crippen molar-refractivity contribution >= 4 is 29.7 Å². The topological polar surface area (TPSA) is 217 Å². The number of nitrogens with one attached hydrogen (secondary N) is 4. The number of carbonyl (C=O) groups is 5. The van der Waals surface area contributed by atoms with Crippen LogP contribution in [0.15, 0.2) is 12.5 Å². The van der Waals surface area contributed by atoms with E-state index in [9.17, 15) is 29.1 Å². The molecule has 0 aliphatic carbocycles. The second-order valence-electron chi connectivity index (χ2n) is 8.82. The Kier molecular flexibility index (Phi) is 11.9. The van der Waals surface area contributed by atoms with E-state index in [1.165, 1.54) is 12.5 Å². The summed E-state index contributed by atoms with van der Waals surface area (Å²) in [6, 6.07) is -4.47. The zero-order valence-corrected chi connectivity index (χ0v) is 20.4. The quantitative estimate of drug-likeness (QED) is 0.164. The third kappa shape index (κ3) is 9.73. The number of amides is 3. The first-order chi connectivity index (χ1) is 16.4. The van der Waals surface area contributed by atoms with Gasteiger partial charge in [0.15, 0.2) is 0 Å². The van der Waals surface area contributed by atoms with Crippen molar-refractivity contribution in [1.29, 1.82) is 0 Å². The molecule has 13 nitrogen and oxygen atoms in total. The van der Waals surface area contributed by atoms with Gasteiger partial charge in [-0.2, -0.15) is 0 Å². The van der Waals surface area contributed by atoms with Crippen LogP contribution in [0, 0.1) is 11.8 Å². The summed E-state index contributed by atoms with van der Waals surface area (Å²) in [6.45, 7) is 6.94. The van der Waals surface area contributed by atoms with Gasteiger partial charge in [0.1, 0.15) is 18.1 Å². The first-order valence-electron chi connectivity index (χ1n) is 11.5. The van der Waals surface area contributed by atoms with Crippen molar-refractivity contribution in [3.05, 3.63) is 18.2 Å². The van der Waals surface area contributed by atoms with Crippen LogP contribution in [0.25, 0.3) is 0 Å². The van der Waals surface area contributed by atoms with E-state index < -0.39 is 59.7 Å². The molecular formula is C22H36N6O7. The zero-order chi connectivity index (χ0) is 26.7. The molecule has 0 aliphatic rings. The van der Waals surface area contributed by atoms with Crippen molar-refractivity contribution in [2.45, 2.75) is 77.5 Å². The Labute approximate surface area is 203 Å². The summed E-state index contributed by atoms with van der Waals surface area (Å²) in [6.07, 6.45) is 2.94. The minimum absolute atomic E-state index is 0.0282. The van der Waals surface area contributed by atoms with Crippen LogP contribution < -0.4 is 21.7 Å². The molecular weight excluding hydrogens is 460 g/mol. The van der Waals surface area contributed by atoms with Gasteiger partial charge in [-0.3, -0.25) is 19.2 Å². The number of aromatic nitrogens is 2. The van der Waals surface area contributed by atoms with E-state index in [2.05, 4.69) is 25.9 Å². The van der Waals surface area contributed by atoms with Gasteiger partial charge < -0.3 is 36.9 Å². The predicted octanol–water partition coefficient (Wildman–Crippen LogP) is -0.615. The lowest BCUT2D eigenvalue weighted by Gasteiger charge is -2.29. The van der Waals surface area contributed by atoms with E-state index in [0.717, 1.165) is 0 Å². The van der Waals surface area contributed by atoms with Gasteiger partial charge in [0, 0.05) is 24.7 Å². The van der Waals surface area contributed by atoms with E-state index in [4.69, 9.17) is 10.8 Å². The van der Waals surface area contributed by atoms with Crippen molar-refractivity contribution in [3.63, 3.8) is 0 Å². The molecule has 1 aromatic heterocycles. The van der Waals surface area contributed by atoms with E-state index in [1.807, 2.05) is 6.92 Å². The van der Waals surface area contributed by atoms with Gasteiger partial charge in [0.25, 0.3) is 0 Å². The molecule has 8 N–H and O–H groups in total. The molecule has 0 saturated heterocycles. The molecule has 0 radical (unpaired) electrons. The van der Waals surface area contributed by atoms with E-state index in [1.54, 1.807) is 20.8 Å². The van der Waals surface area contributed by atoms with Crippen molar-refractivity contribution in [2.24, 2.45) is 17.6 Å². The number of aromatic amines is 1. The summed E-state index contributed by atoms with van der Waals surface area (Å²) in [5, 5.41) is 25.9. The fourth-order valence-electron chi connectivity index (χ4n) is 3.23. The molecule has 5 atom stereocenters. The maximum Gasteiger partial charge on any atom is 0.326 e. The van der Waals surface area contributed by atoms with Crippen LogP contribution in [-0.4, -0.2) is 74.0 Å². The Bertz CT molecular complexity index is 874. The van der Waals surface area contributed by atoms with Crippen LogP contribution in [0.5, 0.6) is 0 Å². The van der Waals surface area contributed by atoms with Crippen molar-refractivity contribution in [3.8, 4) is 0 Å².